The second-order valence-electron chi connectivity index (χ2n) is 6.07. The van der Waals surface area contributed by atoms with Crippen LogP contribution in [0.25, 0.3) is 0 Å². The van der Waals surface area contributed by atoms with Crippen LogP contribution in [0, 0.1) is 0 Å². The minimum Gasteiger partial charge on any atom is -0.394 e. The maximum absolute atomic E-state index is 9.72. The second kappa shape index (κ2) is 5.56. The minimum absolute atomic E-state index is 0.173. The molecule has 2 fully saturated rings. The van der Waals surface area contributed by atoms with Crippen molar-refractivity contribution in [3.8, 4) is 0 Å². The van der Waals surface area contributed by atoms with E-state index >= 15 is 0 Å². The van der Waals surface area contributed by atoms with E-state index in [1.54, 1.807) is 0 Å². The molecule has 5 nitrogen and oxygen atoms in total. The van der Waals surface area contributed by atoms with E-state index in [1.807, 2.05) is 6.07 Å². The molecule has 110 valence electrons. The Balaban J connectivity index is 1.83. The molecule has 0 aromatic carbocycles. The quantitative estimate of drug-likeness (QED) is 0.744. The van der Waals surface area contributed by atoms with Crippen molar-refractivity contribution >= 4 is 11.6 Å². The van der Waals surface area contributed by atoms with E-state index < -0.39 is 0 Å². The van der Waals surface area contributed by atoms with Gasteiger partial charge in [-0.2, -0.15) is 0 Å². The van der Waals surface area contributed by atoms with Gasteiger partial charge < -0.3 is 15.7 Å². The lowest BCUT2D eigenvalue weighted by atomic mass is 9.99. The number of anilines is 2. The van der Waals surface area contributed by atoms with E-state index in [9.17, 15) is 5.11 Å². The molecule has 1 heterocycles. The highest BCUT2D eigenvalue weighted by atomic mass is 16.3. The molecule has 0 atom stereocenters. The topological polar surface area (TPSA) is 70.1 Å². The zero-order chi connectivity index (χ0) is 14.0. The van der Waals surface area contributed by atoms with Crippen molar-refractivity contribution in [2.45, 2.75) is 56.9 Å². The van der Waals surface area contributed by atoms with Gasteiger partial charge in [0.1, 0.15) is 17.5 Å². The molecule has 0 aliphatic heterocycles. The third-order valence-corrected chi connectivity index (χ3v) is 4.30. The summed E-state index contributed by atoms with van der Waals surface area (Å²) in [5.74, 6) is 3.21. The van der Waals surface area contributed by atoms with Gasteiger partial charge in [0.05, 0.1) is 12.1 Å². The number of nitrogens with zero attached hydrogens (tertiary/aromatic N) is 2. The summed E-state index contributed by atoms with van der Waals surface area (Å²) in [5.41, 5.74) is -0.182. The van der Waals surface area contributed by atoms with Crippen molar-refractivity contribution in [3.05, 3.63) is 11.9 Å². The molecule has 2 aliphatic rings. The van der Waals surface area contributed by atoms with Gasteiger partial charge in [-0.3, -0.25) is 0 Å². The van der Waals surface area contributed by atoms with Crippen LogP contribution in [-0.2, 0) is 0 Å². The summed E-state index contributed by atoms with van der Waals surface area (Å²) in [5, 5.41) is 16.5. The number of hydrogen-bond donors (Lipinski definition) is 3. The number of aliphatic hydroxyl groups excluding tert-OH is 1. The summed E-state index contributed by atoms with van der Waals surface area (Å²) in [6, 6.07) is 1.96. The summed E-state index contributed by atoms with van der Waals surface area (Å²) in [6.07, 6.45) is 6.77. The highest BCUT2D eigenvalue weighted by Crippen LogP contribution is 2.39. The predicted octanol–water partition coefficient (Wildman–Crippen LogP) is 2.50. The van der Waals surface area contributed by atoms with Gasteiger partial charge in [0.2, 0.25) is 0 Å². The normalized spacial score (nSPS) is 20.9. The standard InChI is InChI=1S/C15H24N4O/c1-2-16-12-9-13(18-14(17-12)11-5-6-11)19-15(10-20)7-3-4-8-15/h9,11,20H,2-8,10H2,1H3,(H2,16,17,18,19). The van der Waals surface area contributed by atoms with Crippen LogP contribution in [0.5, 0.6) is 0 Å². The van der Waals surface area contributed by atoms with Gasteiger partial charge in [-0.15, -0.1) is 0 Å². The fraction of sp³-hybridized carbons (Fsp3) is 0.733. The molecular weight excluding hydrogens is 252 g/mol. The van der Waals surface area contributed by atoms with Crippen molar-refractivity contribution in [1.82, 2.24) is 9.97 Å². The summed E-state index contributed by atoms with van der Waals surface area (Å²) in [7, 11) is 0. The Morgan fingerprint density at radius 2 is 1.95 bits per heavy atom. The number of aliphatic hydroxyl groups is 1. The van der Waals surface area contributed by atoms with Gasteiger partial charge >= 0.3 is 0 Å². The highest BCUT2D eigenvalue weighted by molar-refractivity contribution is 5.49. The second-order valence-corrected chi connectivity index (χ2v) is 6.07. The van der Waals surface area contributed by atoms with Gasteiger partial charge in [-0.05, 0) is 32.6 Å². The van der Waals surface area contributed by atoms with Crippen LogP contribution in [0.15, 0.2) is 6.07 Å². The fourth-order valence-corrected chi connectivity index (χ4v) is 2.97. The molecule has 0 amide bonds. The van der Waals surface area contributed by atoms with Crippen molar-refractivity contribution in [3.63, 3.8) is 0 Å². The monoisotopic (exact) mass is 276 g/mol. The van der Waals surface area contributed by atoms with Crippen LogP contribution < -0.4 is 10.6 Å². The van der Waals surface area contributed by atoms with E-state index in [2.05, 4.69) is 27.5 Å². The van der Waals surface area contributed by atoms with Crippen molar-refractivity contribution < 1.29 is 5.11 Å². The van der Waals surface area contributed by atoms with Crippen molar-refractivity contribution in [2.24, 2.45) is 0 Å². The lowest BCUT2D eigenvalue weighted by molar-refractivity contribution is 0.214. The number of hydrogen-bond acceptors (Lipinski definition) is 5. The van der Waals surface area contributed by atoms with E-state index in [4.69, 9.17) is 0 Å². The van der Waals surface area contributed by atoms with E-state index in [-0.39, 0.29) is 12.1 Å². The van der Waals surface area contributed by atoms with Crippen LogP contribution in [0.4, 0.5) is 11.6 Å². The Hall–Kier alpha value is -1.36. The molecule has 2 aliphatic carbocycles. The van der Waals surface area contributed by atoms with Gasteiger partial charge in [0, 0.05) is 18.5 Å². The first-order valence-corrected chi connectivity index (χ1v) is 7.76. The molecule has 20 heavy (non-hydrogen) atoms. The molecule has 1 aromatic rings. The van der Waals surface area contributed by atoms with Gasteiger partial charge in [0.25, 0.3) is 0 Å². The molecule has 3 rings (SSSR count). The van der Waals surface area contributed by atoms with Crippen LogP contribution in [-0.4, -0.2) is 33.8 Å². The Bertz CT molecular complexity index is 467. The van der Waals surface area contributed by atoms with Crippen LogP contribution in [0.1, 0.15) is 57.2 Å². The number of nitrogens with one attached hydrogen (secondary N) is 2. The lowest BCUT2D eigenvalue weighted by Crippen LogP contribution is -2.39. The van der Waals surface area contributed by atoms with Crippen LogP contribution in [0.2, 0.25) is 0 Å². The SMILES string of the molecule is CCNc1cc(NC2(CO)CCCC2)nc(C2CC2)n1. The van der Waals surface area contributed by atoms with Crippen molar-refractivity contribution in [2.75, 3.05) is 23.8 Å². The Morgan fingerprint density at radius 3 is 2.55 bits per heavy atom. The van der Waals surface area contributed by atoms with Crippen LogP contribution >= 0.6 is 0 Å². The molecule has 2 saturated carbocycles. The first-order chi connectivity index (χ1) is 9.74. The molecular formula is C15H24N4O. The summed E-state index contributed by atoms with van der Waals surface area (Å²) >= 11 is 0. The zero-order valence-corrected chi connectivity index (χ0v) is 12.2. The van der Waals surface area contributed by atoms with Crippen LogP contribution in [0.3, 0.4) is 0 Å². The Kier molecular flexibility index (Phi) is 3.78. The van der Waals surface area contributed by atoms with Gasteiger partial charge in [-0.25, -0.2) is 9.97 Å². The smallest absolute Gasteiger partial charge is 0.136 e. The summed E-state index contributed by atoms with van der Waals surface area (Å²) < 4.78 is 0. The molecule has 3 N–H and O–H groups in total. The summed E-state index contributed by atoms with van der Waals surface area (Å²) in [4.78, 5) is 9.24. The highest BCUT2D eigenvalue weighted by Gasteiger charge is 2.34. The van der Waals surface area contributed by atoms with Gasteiger partial charge in [0.15, 0.2) is 0 Å². The third kappa shape index (κ3) is 2.87. The number of aromatic nitrogens is 2. The Labute approximate surface area is 120 Å². The molecule has 0 spiro atoms. The molecule has 1 aromatic heterocycles. The fourth-order valence-electron chi connectivity index (χ4n) is 2.97. The first-order valence-electron chi connectivity index (χ1n) is 7.76. The first kappa shape index (κ1) is 13.6. The molecule has 0 radical (unpaired) electrons. The average molecular weight is 276 g/mol. The average Bonchev–Trinajstić information content (AvgIpc) is 3.20. The lowest BCUT2D eigenvalue weighted by Gasteiger charge is -2.29. The van der Waals surface area contributed by atoms with E-state index in [1.165, 1.54) is 25.7 Å². The van der Waals surface area contributed by atoms with E-state index in [0.29, 0.717) is 5.92 Å². The van der Waals surface area contributed by atoms with E-state index in [0.717, 1.165) is 36.8 Å². The zero-order valence-electron chi connectivity index (χ0n) is 12.2. The van der Waals surface area contributed by atoms with Crippen molar-refractivity contribution in [1.29, 1.82) is 0 Å². The third-order valence-electron chi connectivity index (χ3n) is 4.30. The largest absolute Gasteiger partial charge is 0.394 e. The molecule has 0 saturated heterocycles. The Morgan fingerprint density at radius 1 is 1.25 bits per heavy atom. The minimum atomic E-state index is -0.182. The predicted molar refractivity (Wildman–Crippen MR) is 80.1 cm³/mol. The van der Waals surface area contributed by atoms with Gasteiger partial charge in [-0.1, -0.05) is 12.8 Å². The maximum atomic E-state index is 9.72. The summed E-state index contributed by atoms with van der Waals surface area (Å²) in [6.45, 7) is 3.09. The molecule has 0 unspecified atom stereocenters. The molecule has 5 heteroatoms. The maximum Gasteiger partial charge on any atom is 0.136 e. The number of rotatable bonds is 6. The molecule has 0 bridgehead atoms.